The number of aromatic hydroxyl groups is 1. The molecular weight excluding hydrogens is 290 g/mol. The van der Waals surface area contributed by atoms with Crippen molar-refractivity contribution in [1.82, 2.24) is 9.99 Å². The number of para-hydroxylation sites is 2. The molecule has 1 amide bonds. The van der Waals surface area contributed by atoms with Gasteiger partial charge in [0.05, 0.1) is 11.8 Å². The molecule has 116 valence electrons. The molecular formula is C18H17N3O2. The minimum absolute atomic E-state index is 0.0669. The summed E-state index contributed by atoms with van der Waals surface area (Å²) in [5, 5.41) is 14.7. The Kier molecular flexibility index (Phi) is 4.10. The van der Waals surface area contributed by atoms with E-state index >= 15 is 0 Å². The Morgan fingerprint density at radius 3 is 2.74 bits per heavy atom. The lowest BCUT2D eigenvalue weighted by Gasteiger charge is -2.01. The molecule has 0 aliphatic heterocycles. The van der Waals surface area contributed by atoms with Crippen LogP contribution >= 0.6 is 0 Å². The van der Waals surface area contributed by atoms with Gasteiger partial charge in [0.2, 0.25) is 0 Å². The topological polar surface area (TPSA) is 66.6 Å². The van der Waals surface area contributed by atoms with E-state index in [0.717, 1.165) is 23.0 Å². The van der Waals surface area contributed by atoms with Crippen LogP contribution < -0.4 is 5.43 Å². The number of carbonyl (C=O) groups is 1. The molecule has 2 aromatic carbocycles. The number of nitrogens with zero attached hydrogens (tertiary/aromatic N) is 2. The van der Waals surface area contributed by atoms with Gasteiger partial charge < -0.3 is 9.67 Å². The summed E-state index contributed by atoms with van der Waals surface area (Å²) in [6.45, 7) is 2.94. The Balaban J connectivity index is 1.81. The Morgan fingerprint density at radius 1 is 1.22 bits per heavy atom. The lowest BCUT2D eigenvalue weighted by Crippen LogP contribution is -2.17. The fourth-order valence-corrected chi connectivity index (χ4v) is 2.53. The van der Waals surface area contributed by atoms with E-state index in [0.29, 0.717) is 0 Å². The molecule has 0 bridgehead atoms. The second kappa shape index (κ2) is 6.36. The molecule has 1 heterocycles. The van der Waals surface area contributed by atoms with Gasteiger partial charge in [-0.1, -0.05) is 30.3 Å². The standard InChI is InChI=1S/C18H17N3O2/c1-2-21-12-13(14-7-3-5-9-16(14)21)11-19-20-18(23)15-8-4-6-10-17(15)22/h3-12,22H,2H2,1H3,(H,20,23)/b19-11-. The third-order valence-corrected chi connectivity index (χ3v) is 3.68. The number of amides is 1. The lowest BCUT2D eigenvalue weighted by molar-refractivity contribution is 0.0952. The van der Waals surface area contributed by atoms with Gasteiger partial charge in [0.1, 0.15) is 5.75 Å². The van der Waals surface area contributed by atoms with Crippen LogP contribution in [0.4, 0.5) is 0 Å². The fourth-order valence-electron chi connectivity index (χ4n) is 2.53. The van der Waals surface area contributed by atoms with Crippen molar-refractivity contribution in [3.8, 4) is 5.75 Å². The number of rotatable bonds is 4. The number of hydrazone groups is 1. The van der Waals surface area contributed by atoms with Gasteiger partial charge in [-0.25, -0.2) is 5.43 Å². The highest BCUT2D eigenvalue weighted by atomic mass is 16.3. The van der Waals surface area contributed by atoms with E-state index in [9.17, 15) is 9.90 Å². The van der Waals surface area contributed by atoms with Gasteiger partial charge in [-0.2, -0.15) is 5.10 Å². The van der Waals surface area contributed by atoms with E-state index in [1.165, 1.54) is 6.07 Å². The average molecular weight is 307 g/mol. The van der Waals surface area contributed by atoms with Gasteiger partial charge in [0, 0.05) is 29.2 Å². The number of hydrogen-bond donors (Lipinski definition) is 2. The smallest absolute Gasteiger partial charge is 0.275 e. The van der Waals surface area contributed by atoms with Gasteiger partial charge in [-0.15, -0.1) is 0 Å². The highest BCUT2D eigenvalue weighted by Crippen LogP contribution is 2.20. The van der Waals surface area contributed by atoms with Gasteiger partial charge in [0.25, 0.3) is 5.91 Å². The van der Waals surface area contributed by atoms with E-state index in [1.54, 1.807) is 24.4 Å². The third-order valence-electron chi connectivity index (χ3n) is 3.68. The number of nitrogens with one attached hydrogen (secondary N) is 1. The highest BCUT2D eigenvalue weighted by molar-refractivity contribution is 6.01. The Bertz CT molecular complexity index is 881. The summed E-state index contributed by atoms with van der Waals surface area (Å²) in [6.07, 6.45) is 3.62. The van der Waals surface area contributed by atoms with Crippen LogP contribution in [0.1, 0.15) is 22.8 Å². The van der Waals surface area contributed by atoms with E-state index in [2.05, 4.69) is 28.1 Å². The molecule has 5 nitrogen and oxygen atoms in total. The van der Waals surface area contributed by atoms with Crippen LogP contribution in [0.5, 0.6) is 5.75 Å². The summed E-state index contributed by atoms with van der Waals surface area (Å²) in [7, 11) is 0. The minimum Gasteiger partial charge on any atom is -0.507 e. The van der Waals surface area contributed by atoms with Crippen molar-refractivity contribution in [2.75, 3.05) is 0 Å². The van der Waals surface area contributed by atoms with Crippen molar-refractivity contribution in [2.24, 2.45) is 5.10 Å². The number of aryl methyl sites for hydroxylation is 1. The Hall–Kier alpha value is -3.08. The summed E-state index contributed by atoms with van der Waals surface area (Å²) in [6, 6.07) is 14.4. The van der Waals surface area contributed by atoms with Crippen LogP contribution in [0.25, 0.3) is 10.9 Å². The number of carbonyl (C=O) groups excluding carboxylic acids is 1. The zero-order valence-electron chi connectivity index (χ0n) is 12.7. The summed E-state index contributed by atoms with van der Waals surface area (Å²) >= 11 is 0. The highest BCUT2D eigenvalue weighted by Gasteiger charge is 2.09. The molecule has 0 fully saturated rings. The van der Waals surface area contributed by atoms with Crippen LogP contribution in [0.3, 0.4) is 0 Å². The van der Waals surface area contributed by atoms with Gasteiger partial charge in [0.15, 0.2) is 0 Å². The quantitative estimate of drug-likeness (QED) is 0.574. The lowest BCUT2D eigenvalue weighted by atomic mass is 10.2. The second-order valence-corrected chi connectivity index (χ2v) is 5.10. The predicted molar refractivity (Wildman–Crippen MR) is 90.8 cm³/mol. The summed E-state index contributed by atoms with van der Waals surface area (Å²) in [4.78, 5) is 12.0. The first-order chi connectivity index (χ1) is 11.2. The first-order valence-electron chi connectivity index (χ1n) is 7.40. The van der Waals surface area contributed by atoms with Crippen molar-refractivity contribution in [2.45, 2.75) is 13.5 Å². The van der Waals surface area contributed by atoms with Crippen molar-refractivity contribution in [3.05, 3.63) is 65.9 Å². The number of hydrogen-bond acceptors (Lipinski definition) is 3. The average Bonchev–Trinajstić information content (AvgIpc) is 2.93. The molecule has 1 aromatic heterocycles. The largest absolute Gasteiger partial charge is 0.507 e. The predicted octanol–water partition coefficient (Wildman–Crippen LogP) is 3.13. The number of phenolic OH excluding ortho intramolecular Hbond substituents is 1. The molecule has 0 aliphatic carbocycles. The van der Waals surface area contributed by atoms with Gasteiger partial charge in [-0.3, -0.25) is 4.79 Å². The number of benzene rings is 2. The maximum atomic E-state index is 12.0. The third kappa shape index (κ3) is 2.94. The molecule has 0 saturated carbocycles. The molecule has 0 radical (unpaired) electrons. The Labute approximate surface area is 133 Å². The van der Waals surface area contributed by atoms with Crippen molar-refractivity contribution < 1.29 is 9.90 Å². The van der Waals surface area contributed by atoms with Gasteiger partial charge >= 0.3 is 0 Å². The second-order valence-electron chi connectivity index (χ2n) is 5.10. The summed E-state index contributed by atoms with van der Waals surface area (Å²) in [5.74, 6) is -0.513. The fraction of sp³-hybridized carbons (Fsp3) is 0.111. The minimum atomic E-state index is -0.446. The number of phenols is 1. The molecule has 3 rings (SSSR count). The van der Waals surface area contributed by atoms with Crippen LogP contribution in [0.2, 0.25) is 0 Å². The van der Waals surface area contributed by atoms with E-state index in [-0.39, 0.29) is 11.3 Å². The van der Waals surface area contributed by atoms with Crippen LogP contribution in [-0.4, -0.2) is 21.8 Å². The maximum absolute atomic E-state index is 12.0. The first-order valence-corrected chi connectivity index (χ1v) is 7.40. The summed E-state index contributed by atoms with van der Waals surface area (Å²) < 4.78 is 2.13. The summed E-state index contributed by atoms with van der Waals surface area (Å²) in [5.41, 5.74) is 4.70. The zero-order valence-corrected chi connectivity index (χ0v) is 12.7. The molecule has 0 unspecified atom stereocenters. The van der Waals surface area contributed by atoms with Crippen LogP contribution in [-0.2, 0) is 6.54 Å². The van der Waals surface area contributed by atoms with E-state index < -0.39 is 5.91 Å². The van der Waals surface area contributed by atoms with Crippen molar-refractivity contribution >= 4 is 23.0 Å². The SMILES string of the molecule is CCn1cc(/C=N\NC(=O)c2ccccc2O)c2ccccc21. The van der Waals surface area contributed by atoms with Crippen molar-refractivity contribution in [3.63, 3.8) is 0 Å². The maximum Gasteiger partial charge on any atom is 0.275 e. The molecule has 0 saturated heterocycles. The molecule has 0 atom stereocenters. The number of aromatic nitrogens is 1. The number of fused-ring (bicyclic) bond motifs is 1. The normalized spacial score (nSPS) is 11.2. The molecule has 5 heteroatoms. The monoisotopic (exact) mass is 307 g/mol. The molecule has 2 N–H and O–H groups in total. The molecule has 0 spiro atoms. The molecule has 0 aliphatic rings. The van der Waals surface area contributed by atoms with Crippen molar-refractivity contribution in [1.29, 1.82) is 0 Å². The molecule has 23 heavy (non-hydrogen) atoms. The van der Waals surface area contributed by atoms with Crippen LogP contribution in [0, 0.1) is 0 Å². The van der Waals surface area contributed by atoms with Gasteiger partial charge in [-0.05, 0) is 25.1 Å². The Morgan fingerprint density at radius 2 is 1.96 bits per heavy atom. The van der Waals surface area contributed by atoms with Crippen LogP contribution in [0.15, 0.2) is 59.8 Å². The van der Waals surface area contributed by atoms with E-state index in [1.807, 2.05) is 24.4 Å². The first kappa shape index (κ1) is 14.8. The van der Waals surface area contributed by atoms with E-state index in [4.69, 9.17) is 0 Å². The zero-order chi connectivity index (χ0) is 16.2. The molecule has 3 aromatic rings.